The van der Waals surface area contributed by atoms with E-state index in [1.807, 2.05) is 0 Å². The lowest BCUT2D eigenvalue weighted by Crippen LogP contribution is -2.38. The molecular formula is C12H18N2O3S2. The van der Waals surface area contributed by atoms with E-state index in [1.54, 1.807) is 5.38 Å². The standard InChI is InChI=1S/C12H18N2O3S2/c1-9-4-3-5-14(7-9)19(16,17)10-6-11(18-8-10)12(15)13-2/h6,8-9H,3-5,7H2,1-2H3,(H,13,15)/t9-/m0/s1. The van der Waals surface area contributed by atoms with Crippen LogP contribution < -0.4 is 5.32 Å². The van der Waals surface area contributed by atoms with Crippen LogP contribution in [0.4, 0.5) is 0 Å². The summed E-state index contributed by atoms with van der Waals surface area (Å²) in [5.74, 6) is 0.138. The van der Waals surface area contributed by atoms with E-state index in [1.165, 1.54) is 17.4 Å². The average molecular weight is 302 g/mol. The first kappa shape index (κ1) is 14.5. The van der Waals surface area contributed by atoms with Crippen LogP contribution in [-0.4, -0.2) is 38.8 Å². The molecular weight excluding hydrogens is 284 g/mol. The molecule has 0 saturated carbocycles. The van der Waals surface area contributed by atoms with Crippen LogP contribution >= 0.6 is 11.3 Å². The minimum absolute atomic E-state index is 0.227. The minimum Gasteiger partial charge on any atom is -0.354 e. The van der Waals surface area contributed by atoms with Gasteiger partial charge in [-0.3, -0.25) is 4.79 Å². The summed E-state index contributed by atoms with van der Waals surface area (Å²) in [5.41, 5.74) is 0. The van der Waals surface area contributed by atoms with Gasteiger partial charge in [0, 0.05) is 25.5 Å². The van der Waals surface area contributed by atoms with Crippen LogP contribution in [0.15, 0.2) is 16.3 Å². The molecule has 1 saturated heterocycles. The quantitative estimate of drug-likeness (QED) is 0.921. The van der Waals surface area contributed by atoms with Gasteiger partial charge in [0.1, 0.15) is 0 Å². The van der Waals surface area contributed by atoms with Crippen LogP contribution in [0.3, 0.4) is 0 Å². The molecule has 19 heavy (non-hydrogen) atoms. The van der Waals surface area contributed by atoms with Crippen LogP contribution in [-0.2, 0) is 10.0 Å². The fourth-order valence-corrected chi connectivity index (χ4v) is 5.02. The van der Waals surface area contributed by atoms with E-state index < -0.39 is 10.0 Å². The van der Waals surface area contributed by atoms with Crippen molar-refractivity contribution in [3.63, 3.8) is 0 Å². The number of amides is 1. The molecule has 1 aromatic rings. The largest absolute Gasteiger partial charge is 0.354 e. The zero-order valence-electron chi connectivity index (χ0n) is 11.0. The SMILES string of the molecule is CNC(=O)c1cc(S(=O)(=O)N2CCC[C@H](C)C2)cs1. The first-order chi connectivity index (χ1) is 8.95. The maximum Gasteiger partial charge on any atom is 0.261 e. The second-order valence-corrected chi connectivity index (χ2v) is 7.69. The van der Waals surface area contributed by atoms with Crippen molar-refractivity contribution in [2.75, 3.05) is 20.1 Å². The van der Waals surface area contributed by atoms with Crippen LogP contribution in [0.2, 0.25) is 0 Å². The Balaban J connectivity index is 2.24. The molecule has 1 amide bonds. The lowest BCUT2D eigenvalue weighted by molar-refractivity contribution is 0.0967. The minimum atomic E-state index is -3.45. The highest BCUT2D eigenvalue weighted by molar-refractivity contribution is 7.89. The average Bonchev–Trinajstić information content (AvgIpc) is 2.88. The molecule has 1 aliphatic rings. The number of nitrogens with one attached hydrogen (secondary N) is 1. The molecule has 7 heteroatoms. The van der Waals surface area contributed by atoms with Gasteiger partial charge in [-0.25, -0.2) is 8.42 Å². The lowest BCUT2D eigenvalue weighted by Gasteiger charge is -2.29. The van der Waals surface area contributed by atoms with Gasteiger partial charge in [0.05, 0.1) is 9.77 Å². The predicted molar refractivity (Wildman–Crippen MR) is 74.9 cm³/mol. The van der Waals surface area contributed by atoms with E-state index in [0.29, 0.717) is 23.9 Å². The molecule has 2 rings (SSSR count). The van der Waals surface area contributed by atoms with Gasteiger partial charge in [-0.15, -0.1) is 11.3 Å². The van der Waals surface area contributed by atoms with Crippen molar-refractivity contribution in [1.29, 1.82) is 0 Å². The van der Waals surface area contributed by atoms with Gasteiger partial charge in [0.15, 0.2) is 0 Å². The summed E-state index contributed by atoms with van der Waals surface area (Å²) in [4.78, 5) is 12.1. The number of rotatable bonds is 3. The number of hydrogen-bond donors (Lipinski definition) is 1. The second kappa shape index (κ2) is 5.60. The van der Waals surface area contributed by atoms with Crippen LogP contribution in [0.5, 0.6) is 0 Å². The summed E-state index contributed by atoms with van der Waals surface area (Å²) >= 11 is 1.16. The number of sulfonamides is 1. The van der Waals surface area contributed by atoms with Crippen molar-refractivity contribution in [3.8, 4) is 0 Å². The van der Waals surface area contributed by atoms with Gasteiger partial charge in [0.25, 0.3) is 5.91 Å². The third-order valence-electron chi connectivity index (χ3n) is 3.28. The van der Waals surface area contributed by atoms with Gasteiger partial charge in [-0.2, -0.15) is 4.31 Å². The van der Waals surface area contributed by atoms with Gasteiger partial charge in [-0.05, 0) is 24.8 Å². The Hall–Kier alpha value is -0.920. The molecule has 0 aromatic carbocycles. The van der Waals surface area contributed by atoms with Gasteiger partial charge >= 0.3 is 0 Å². The summed E-state index contributed by atoms with van der Waals surface area (Å²) in [6.07, 6.45) is 1.96. The topological polar surface area (TPSA) is 66.5 Å². The molecule has 1 aromatic heterocycles. The fourth-order valence-electron chi connectivity index (χ4n) is 2.21. The summed E-state index contributed by atoms with van der Waals surface area (Å²) in [7, 11) is -1.92. The molecule has 0 radical (unpaired) electrons. The number of thiophene rings is 1. The van der Waals surface area contributed by atoms with E-state index in [9.17, 15) is 13.2 Å². The Kier molecular flexibility index (Phi) is 4.27. The summed E-state index contributed by atoms with van der Waals surface area (Å²) < 4.78 is 26.4. The van der Waals surface area contributed by atoms with Crippen molar-refractivity contribution >= 4 is 27.3 Å². The zero-order valence-corrected chi connectivity index (χ0v) is 12.7. The number of piperidine rings is 1. The monoisotopic (exact) mass is 302 g/mol. The van der Waals surface area contributed by atoms with Crippen LogP contribution in [0.1, 0.15) is 29.4 Å². The summed E-state index contributed by atoms with van der Waals surface area (Å²) in [5, 5.41) is 4.04. The van der Waals surface area contributed by atoms with Crippen molar-refractivity contribution < 1.29 is 13.2 Å². The van der Waals surface area contributed by atoms with Gasteiger partial charge in [0.2, 0.25) is 10.0 Å². The van der Waals surface area contributed by atoms with Crippen LogP contribution in [0, 0.1) is 5.92 Å². The molecule has 5 nitrogen and oxygen atoms in total. The molecule has 2 heterocycles. The summed E-state index contributed by atoms with van der Waals surface area (Å²) in [6, 6.07) is 1.46. The zero-order chi connectivity index (χ0) is 14.0. The van der Waals surface area contributed by atoms with Crippen molar-refractivity contribution in [2.24, 2.45) is 5.92 Å². The highest BCUT2D eigenvalue weighted by Gasteiger charge is 2.29. The van der Waals surface area contributed by atoms with Crippen molar-refractivity contribution in [3.05, 3.63) is 16.3 Å². The van der Waals surface area contributed by atoms with E-state index >= 15 is 0 Å². The number of carbonyl (C=O) groups is 1. The molecule has 1 N–H and O–H groups in total. The number of hydrogen-bond acceptors (Lipinski definition) is 4. The molecule has 0 unspecified atom stereocenters. The molecule has 1 atom stereocenters. The molecule has 0 aliphatic carbocycles. The van der Waals surface area contributed by atoms with Crippen LogP contribution in [0.25, 0.3) is 0 Å². The fraction of sp³-hybridized carbons (Fsp3) is 0.583. The molecule has 0 spiro atoms. The summed E-state index contributed by atoms with van der Waals surface area (Å²) in [6.45, 7) is 3.19. The third-order valence-corrected chi connectivity index (χ3v) is 6.20. The maximum absolute atomic E-state index is 12.5. The van der Waals surface area contributed by atoms with E-state index in [2.05, 4.69) is 12.2 Å². The normalized spacial score (nSPS) is 21.3. The Bertz CT molecular complexity index is 565. The highest BCUT2D eigenvalue weighted by Crippen LogP contribution is 2.26. The highest BCUT2D eigenvalue weighted by atomic mass is 32.2. The van der Waals surface area contributed by atoms with Crippen molar-refractivity contribution in [2.45, 2.75) is 24.7 Å². The Morgan fingerprint density at radius 1 is 1.53 bits per heavy atom. The first-order valence-electron chi connectivity index (χ1n) is 6.26. The van der Waals surface area contributed by atoms with Gasteiger partial charge < -0.3 is 5.32 Å². The maximum atomic E-state index is 12.5. The lowest BCUT2D eigenvalue weighted by atomic mass is 10.0. The first-order valence-corrected chi connectivity index (χ1v) is 8.58. The predicted octanol–water partition coefficient (Wildman–Crippen LogP) is 1.53. The Morgan fingerprint density at radius 2 is 2.26 bits per heavy atom. The third kappa shape index (κ3) is 2.98. The molecule has 106 valence electrons. The molecule has 0 bridgehead atoms. The number of nitrogens with zero attached hydrogens (tertiary/aromatic N) is 1. The molecule has 1 aliphatic heterocycles. The number of carbonyl (C=O) groups excluding carboxylic acids is 1. The van der Waals surface area contributed by atoms with E-state index in [0.717, 1.165) is 24.2 Å². The smallest absolute Gasteiger partial charge is 0.261 e. The second-order valence-electron chi connectivity index (χ2n) is 4.84. The van der Waals surface area contributed by atoms with E-state index in [-0.39, 0.29) is 10.8 Å². The Morgan fingerprint density at radius 3 is 2.89 bits per heavy atom. The molecule has 1 fully saturated rings. The van der Waals surface area contributed by atoms with E-state index in [4.69, 9.17) is 0 Å². The Labute approximate surface area is 117 Å². The van der Waals surface area contributed by atoms with Gasteiger partial charge in [-0.1, -0.05) is 6.92 Å². The van der Waals surface area contributed by atoms with Crippen molar-refractivity contribution in [1.82, 2.24) is 9.62 Å².